The molecule has 8 atom stereocenters. The van der Waals surface area contributed by atoms with Gasteiger partial charge in [0.25, 0.3) is 0 Å². The van der Waals surface area contributed by atoms with E-state index in [1.54, 1.807) is 0 Å². The van der Waals surface area contributed by atoms with Gasteiger partial charge in [0.1, 0.15) is 0 Å². The number of aliphatic hydroxyl groups excluding tert-OH is 1. The molecule has 0 radical (unpaired) electrons. The summed E-state index contributed by atoms with van der Waals surface area (Å²) in [5.41, 5.74) is -0.0385. The molecule has 0 aromatic carbocycles. The summed E-state index contributed by atoms with van der Waals surface area (Å²) in [4.78, 5) is 24.7. The average molecular weight is 500 g/mol. The van der Waals surface area contributed by atoms with Gasteiger partial charge in [0, 0.05) is 0 Å². The molecule has 2 N–H and O–H groups in total. The fourth-order valence-corrected chi connectivity index (χ4v) is 187. The van der Waals surface area contributed by atoms with Crippen molar-refractivity contribution < 1.29 is 23.2 Å². The standard InChI is InChI=1S/C17H22O2.2C5H5.2Fe/c18-14-8-2-1-7-13-17(19,15-9-3-4-10-15)16-11-5-6-12-16;2*1-2-4-5-3-1;;/h3-6,9-12,18-19H,1-2,7-8,13-14H2;2*1-5H;;. The van der Waals surface area contributed by atoms with Gasteiger partial charge in [0.2, 0.25) is 0 Å². The zero-order chi connectivity index (χ0) is 18.8. The number of hydrogen-bond donors (Lipinski definition) is 2. The van der Waals surface area contributed by atoms with E-state index in [1.807, 2.05) is 0 Å². The molecular formula is C27H32Fe2O2. The van der Waals surface area contributed by atoms with Crippen LogP contribution in [0.5, 0.6) is 0 Å². The van der Waals surface area contributed by atoms with Crippen LogP contribution in [-0.4, -0.2) is 22.4 Å². The average Bonchev–Trinajstić information content (AvgIpc) is 3.67. The third kappa shape index (κ3) is 0.127. The first-order chi connectivity index (χ1) is 14.7. The molecule has 31 heavy (non-hydrogen) atoms. The molecular weight excluding hydrogens is 468 g/mol. The second-order valence-corrected chi connectivity index (χ2v) is 69.2. The van der Waals surface area contributed by atoms with Crippen molar-refractivity contribution in [2.24, 2.45) is 0 Å². The molecule has 4 heteroatoms. The number of aliphatic hydroxyl groups is 2. The van der Waals surface area contributed by atoms with Crippen LogP contribution in [0.1, 0.15) is 32.1 Å². The minimum atomic E-state index is -3.34. The van der Waals surface area contributed by atoms with Crippen molar-refractivity contribution in [1.29, 1.82) is 0 Å². The first kappa shape index (κ1) is 11.8. The Bertz CT molecular complexity index is 1870. The van der Waals surface area contributed by atoms with E-state index >= 15 is 0 Å². The van der Waals surface area contributed by atoms with Crippen molar-refractivity contribution in [2.75, 3.05) is 6.61 Å². The molecule has 20 heterocycles. The maximum atomic E-state index is 14.0. The molecule has 2 nitrogen and oxygen atoms in total. The monoisotopic (exact) mass is 500 g/mol. The van der Waals surface area contributed by atoms with Gasteiger partial charge in [-0.25, -0.2) is 0 Å². The van der Waals surface area contributed by atoms with Crippen molar-refractivity contribution in [2.45, 2.75) is 133 Å². The van der Waals surface area contributed by atoms with E-state index in [0.717, 1.165) is 15.0 Å². The summed E-state index contributed by atoms with van der Waals surface area (Å²) in [5.74, 6) is 0. The van der Waals surface area contributed by atoms with Gasteiger partial charge >= 0.3 is 163 Å². The van der Waals surface area contributed by atoms with E-state index in [-0.39, 0.29) is 5.60 Å². The van der Waals surface area contributed by atoms with Gasteiger partial charge < -0.3 is 0 Å². The Kier molecular flexibility index (Phi) is 0.370. The molecule has 0 aromatic heterocycles. The van der Waals surface area contributed by atoms with Crippen molar-refractivity contribution in [1.82, 2.24) is 0 Å². The Morgan fingerprint density at radius 3 is 1.13 bits per heavy atom. The predicted octanol–water partition coefficient (Wildman–Crippen LogP) is 7.18. The van der Waals surface area contributed by atoms with Gasteiger partial charge in [0.15, 0.2) is 0 Å². The van der Waals surface area contributed by atoms with Crippen LogP contribution in [0.4, 0.5) is 0 Å². The van der Waals surface area contributed by atoms with E-state index in [9.17, 15) is 10.2 Å². The SMILES string of the molecule is OCCCCCCC(O)([C]12[CH]3[CH]4[CH]5[CH]1[Fe]45321678[CH]2[CH]1[CH]6[CH]7[CH]28)[C]12[CH]3[CH]4[CH]5[CH]1[Fe]45321678[CH]2[CH]1[CH]6[CH]7[CH]28. The molecule has 168 valence electrons. The van der Waals surface area contributed by atoms with Gasteiger partial charge in [-0.2, -0.15) is 0 Å². The fraction of sp³-hybridized carbons (Fsp3) is 1.00. The Morgan fingerprint density at radius 2 is 0.871 bits per heavy atom. The summed E-state index contributed by atoms with van der Waals surface area (Å²) >= 11 is 0. The molecule has 20 aliphatic heterocycles. The van der Waals surface area contributed by atoms with Crippen molar-refractivity contribution in [3.05, 3.63) is 0 Å². The zero-order valence-electron chi connectivity index (χ0n) is 17.7. The van der Waals surface area contributed by atoms with Crippen LogP contribution in [0.25, 0.3) is 0 Å². The van der Waals surface area contributed by atoms with Gasteiger partial charge in [-0.3, -0.25) is 0 Å². The molecule has 20 rings (SSSR count). The summed E-state index contributed by atoms with van der Waals surface area (Å²) in [5, 5.41) is 23.3. The Hall–Kier alpha value is 0.959. The van der Waals surface area contributed by atoms with Crippen molar-refractivity contribution in [3.8, 4) is 0 Å². The second-order valence-electron chi connectivity index (χ2n) is 22.1. The second kappa shape index (κ2) is 0.973. The molecule has 20 fully saturated rings. The van der Waals surface area contributed by atoms with Gasteiger partial charge in [-0.1, -0.05) is 0 Å². The van der Waals surface area contributed by atoms with E-state index in [4.69, 9.17) is 0 Å². The number of rotatable bonds is 8. The van der Waals surface area contributed by atoms with Crippen molar-refractivity contribution in [3.63, 3.8) is 0 Å². The Morgan fingerprint density at radius 1 is 0.516 bits per heavy atom. The van der Waals surface area contributed by atoms with E-state index < -0.39 is 13.0 Å². The number of hydrogen-bond acceptors (Lipinski definition) is 2. The molecule has 2 spiro atoms. The normalized spacial score (nSPS) is 132. The predicted molar refractivity (Wildman–Crippen MR) is 108 cm³/mol. The van der Waals surface area contributed by atoms with E-state index in [0.29, 0.717) is 6.61 Å². The molecule has 8 unspecified atom stereocenters. The van der Waals surface area contributed by atoms with Crippen LogP contribution in [0, 0.1) is 0 Å². The molecule has 0 aromatic rings. The fourth-order valence-electron chi connectivity index (χ4n) is 36.2. The Balaban J connectivity index is 0.988. The molecule has 0 aliphatic carbocycles. The molecule has 20 aliphatic rings. The quantitative estimate of drug-likeness (QED) is 0.274. The molecule has 20 saturated heterocycles. The minimum absolute atomic E-state index is 0.0385. The number of unbranched alkanes of at least 4 members (excludes halogenated alkanes) is 3. The van der Waals surface area contributed by atoms with Crippen LogP contribution in [-0.2, 0) is 13.0 Å². The first-order valence-electron chi connectivity index (χ1n) is 14.4. The first-order valence-corrected chi connectivity index (χ1v) is 27.0. The van der Waals surface area contributed by atoms with Crippen LogP contribution in [0.2, 0.25) is 95.3 Å². The third-order valence-corrected chi connectivity index (χ3v) is 117. The summed E-state index contributed by atoms with van der Waals surface area (Å²) in [6.07, 6.45) is 6.18. The molecule has 0 bridgehead atoms. The van der Waals surface area contributed by atoms with E-state index in [1.165, 1.54) is 112 Å². The summed E-state index contributed by atoms with van der Waals surface area (Å²) in [6, 6.07) is 0. The summed E-state index contributed by atoms with van der Waals surface area (Å²) in [7, 11) is 0. The number of fused-ring (bicyclic) bond motifs is 20. The van der Waals surface area contributed by atoms with Gasteiger partial charge in [-0.15, -0.1) is 0 Å². The molecule has 0 amide bonds. The summed E-state index contributed by atoms with van der Waals surface area (Å²) < 4.78 is 1.50. The molecule has 0 saturated carbocycles. The Labute approximate surface area is 162 Å². The summed E-state index contributed by atoms with van der Waals surface area (Å²) in [6.45, 7) is -6.30. The topological polar surface area (TPSA) is 40.5 Å². The van der Waals surface area contributed by atoms with Gasteiger partial charge in [0.05, 0.1) is 0 Å². The maximum absolute atomic E-state index is 14.0. The van der Waals surface area contributed by atoms with Gasteiger partial charge in [-0.05, 0) is 0 Å². The van der Waals surface area contributed by atoms with Crippen LogP contribution in [0.15, 0.2) is 0 Å². The third-order valence-electron chi connectivity index (χ3n) is 32.1. The van der Waals surface area contributed by atoms with Crippen LogP contribution >= 0.6 is 0 Å². The van der Waals surface area contributed by atoms with E-state index in [2.05, 4.69) is 0 Å². The van der Waals surface area contributed by atoms with Crippen LogP contribution in [0.3, 0.4) is 0 Å². The van der Waals surface area contributed by atoms with Crippen molar-refractivity contribution >= 4 is 0 Å². The van der Waals surface area contributed by atoms with Crippen LogP contribution < -0.4 is 0 Å². The zero-order valence-corrected chi connectivity index (χ0v) is 19.9.